The molecule has 0 aliphatic rings. The lowest BCUT2D eigenvalue weighted by Crippen LogP contribution is -2.21. The predicted molar refractivity (Wildman–Crippen MR) is 109 cm³/mol. The van der Waals surface area contributed by atoms with Gasteiger partial charge >= 0.3 is 0 Å². The van der Waals surface area contributed by atoms with Crippen LogP contribution in [0.3, 0.4) is 0 Å². The fraction of sp³-hybridized carbons (Fsp3) is 0.905. The second-order valence-electron chi connectivity index (χ2n) is 7.48. The van der Waals surface area contributed by atoms with E-state index in [0.29, 0.717) is 5.92 Å². The second-order valence-corrected chi connectivity index (χ2v) is 8.46. The van der Waals surface area contributed by atoms with Crippen molar-refractivity contribution in [2.24, 2.45) is 5.92 Å². The molecule has 0 radical (unpaired) electrons. The zero-order valence-corrected chi connectivity index (χ0v) is 17.3. The van der Waals surface area contributed by atoms with E-state index in [1.54, 1.807) is 0 Å². The van der Waals surface area contributed by atoms with Gasteiger partial charge in [0.25, 0.3) is 0 Å². The van der Waals surface area contributed by atoms with E-state index in [1.807, 2.05) is 0 Å². The minimum absolute atomic E-state index is 0. The zero-order valence-electron chi connectivity index (χ0n) is 16.5. The number of hydrogen-bond acceptors (Lipinski definition) is 1. The largest absolute Gasteiger partial charge is 0.344 e. The molecular formula is C21H44ClN. The average Bonchev–Trinajstić information content (AvgIpc) is 2.46. The van der Waals surface area contributed by atoms with Crippen molar-refractivity contribution in [3.05, 3.63) is 12.2 Å². The molecule has 1 nitrogen and oxygen atoms in total. The van der Waals surface area contributed by atoms with Crippen molar-refractivity contribution in [2.45, 2.75) is 116 Å². The van der Waals surface area contributed by atoms with Crippen LogP contribution < -0.4 is 6.15 Å². The van der Waals surface area contributed by atoms with E-state index in [9.17, 15) is 0 Å². The maximum atomic E-state index is 6.33. The Labute approximate surface area is 152 Å². The molecule has 140 valence electrons. The third kappa shape index (κ3) is 18.2. The van der Waals surface area contributed by atoms with E-state index >= 15 is 0 Å². The predicted octanol–water partition coefficient (Wildman–Crippen LogP) is 8.45. The molecule has 23 heavy (non-hydrogen) atoms. The molecule has 0 bridgehead atoms. The summed E-state index contributed by atoms with van der Waals surface area (Å²) in [5.74, 6) is 0.617. The Balaban J connectivity index is 0. The van der Waals surface area contributed by atoms with E-state index in [0.717, 1.165) is 0 Å². The van der Waals surface area contributed by atoms with E-state index in [-0.39, 0.29) is 11.0 Å². The monoisotopic (exact) mass is 345 g/mol. The van der Waals surface area contributed by atoms with Crippen LogP contribution in [0.15, 0.2) is 12.2 Å². The lowest BCUT2D eigenvalue weighted by molar-refractivity contribution is 0.401. The van der Waals surface area contributed by atoms with Crippen LogP contribution in [0.2, 0.25) is 0 Å². The SMILES string of the molecule is CCCCCCCC/C=C\CCCCCCC(C)C(C)(C)Cl.N. The van der Waals surface area contributed by atoms with Crippen molar-refractivity contribution in [3.63, 3.8) is 0 Å². The first-order valence-electron chi connectivity index (χ1n) is 9.82. The summed E-state index contributed by atoms with van der Waals surface area (Å²) in [6, 6.07) is 0. The highest BCUT2D eigenvalue weighted by atomic mass is 35.5. The maximum Gasteiger partial charge on any atom is 0.0416 e. The molecule has 1 atom stereocenters. The normalized spacial score (nSPS) is 13.3. The van der Waals surface area contributed by atoms with Gasteiger partial charge in [-0.15, -0.1) is 11.6 Å². The first-order valence-corrected chi connectivity index (χ1v) is 10.2. The summed E-state index contributed by atoms with van der Waals surface area (Å²) in [6.07, 6.45) is 22.5. The van der Waals surface area contributed by atoms with Crippen LogP contribution in [0.1, 0.15) is 111 Å². The van der Waals surface area contributed by atoms with Crippen molar-refractivity contribution in [1.29, 1.82) is 0 Å². The van der Waals surface area contributed by atoms with Gasteiger partial charge in [0.15, 0.2) is 0 Å². The number of hydrogen-bond donors (Lipinski definition) is 1. The maximum absolute atomic E-state index is 6.33. The lowest BCUT2D eigenvalue weighted by atomic mass is 9.91. The molecule has 0 aliphatic heterocycles. The number of halogens is 1. The minimum atomic E-state index is -0.0424. The van der Waals surface area contributed by atoms with Gasteiger partial charge in [-0.05, 0) is 51.9 Å². The topological polar surface area (TPSA) is 35.0 Å². The molecule has 0 amide bonds. The van der Waals surface area contributed by atoms with Crippen LogP contribution in [0.5, 0.6) is 0 Å². The second kappa shape index (κ2) is 16.8. The number of alkyl halides is 1. The summed E-state index contributed by atoms with van der Waals surface area (Å²) in [4.78, 5) is -0.0424. The van der Waals surface area contributed by atoms with Gasteiger partial charge in [0.05, 0.1) is 0 Å². The summed E-state index contributed by atoms with van der Waals surface area (Å²) in [7, 11) is 0. The van der Waals surface area contributed by atoms with Crippen molar-refractivity contribution < 1.29 is 0 Å². The van der Waals surface area contributed by atoms with Crippen LogP contribution in [-0.4, -0.2) is 4.87 Å². The van der Waals surface area contributed by atoms with Crippen molar-refractivity contribution >= 4 is 11.6 Å². The van der Waals surface area contributed by atoms with Gasteiger partial charge in [-0.2, -0.15) is 0 Å². The molecule has 0 rings (SSSR count). The van der Waals surface area contributed by atoms with Gasteiger partial charge in [0.1, 0.15) is 0 Å². The quantitative estimate of drug-likeness (QED) is 0.180. The Morgan fingerprint density at radius 3 is 1.70 bits per heavy atom. The third-order valence-corrected chi connectivity index (χ3v) is 5.19. The van der Waals surface area contributed by atoms with E-state index < -0.39 is 0 Å². The van der Waals surface area contributed by atoms with Gasteiger partial charge < -0.3 is 6.15 Å². The van der Waals surface area contributed by atoms with Gasteiger partial charge in [-0.25, -0.2) is 0 Å². The van der Waals surface area contributed by atoms with Crippen LogP contribution >= 0.6 is 11.6 Å². The molecule has 0 saturated heterocycles. The Morgan fingerprint density at radius 1 is 0.783 bits per heavy atom. The Bertz CT molecular complexity index is 255. The summed E-state index contributed by atoms with van der Waals surface area (Å²) < 4.78 is 0. The Kier molecular flexibility index (Phi) is 18.5. The average molecular weight is 346 g/mol. The highest BCUT2D eigenvalue weighted by Crippen LogP contribution is 2.28. The number of rotatable bonds is 15. The van der Waals surface area contributed by atoms with E-state index in [2.05, 4.69) is 39.8 Å². The third-order valence-electron chi connectivity index (χ3n) is 4.82. The van der Waals surface area contributed by atoms with Gasteiger partial charge in [0.2, 0.25) is 0 Å². The summed E-state index contributed by atoms with van der Waals surface area (Å²) in [6.45, 7) is 8.82. The molecule has 0 aromatic carbocycles. The molecule has 2 heteroatoms. The first kappa shape index (κ1) is 25.2. The highest BCUT2D eigenvalue weighted by Gasteiger charge is 2.21. The van der Waals surface area contributed by atoms with Crippen LogP contribution in [0, 0.1) is 5.92 Å². The molecule has 0 aromatic rings. The fourth-order valence-electron chi connectivity index (χ4n) is 2.69. The summed E-state index contributed by atoms with van der Waals surface area (Å²) in [5.41, 5.74) is 0. The molecule has 3 N–H and O–H groups in total. The van der Waals surface area contributed by atoms with Crippen LogP contribution in [0.4, 0.5) is 0 Å². The molecule has 0 aromatic heterocycles. The van der Waals surface area contributed by atoms with E-state index in [4.69, 9.17) is 11.6 Å². The lowest BCUT2D eigenvalue weighted by Gasteiger charge is -2.24. The number of unbranched alkanes of at least 4 members (excludes halogenated alkanes) is 10. The van der Waals surface area contributed by atoms with Gasteiger partial charge in [-0.1, -0.05) is 77.4 Å². The molecule has 0 heterocycles. The minimum Gasteiger partial charge on any atom is -0.344 e. The number of allylic oxidation sites excluding steroid dienone is 2. The van der Waals surface area contributed by atoms with E-state index in [1.165, 1.54) is 83.5 Å². The van der Waals surface area contributed by atoms with Crippen LogP contribution in [-0.2, 0) is 0 Å². The first-order chi connectivity index (χ1) is 10.5. The Hall–Kier alpha value is -0.0100. The molecule has 0 aliphatic carbocycles. The van der Waals surface area contributed by atoms with Crippen molar-refractivity contribution in [3.8, 4) is 0 Å². The molecule has 0 spiro atoms. The fourth-order valence-corrected chi connectivity index (χ4v) is 2.80. The molecule has 0 fully saturated rings. The molecule has 0 saturated carbocycles. The smallest absolute Gasteiger partial charge is 0.0416 e. The van der Waals surface area contributed by atoms with Crippen LogP contribution in [0.25, 0.3) is 0 Å². The summed E-state index contributed by atoms with van der Waals surface area (Å²) >= 11 is 6.33. The summed E-state index contributed by atoms with van der Waals surface area (Å²) in [5, 5.41) is 0. The van der Waals surface area contributed by atoms with Crippen molar-refractivity contribution in [2.75, 3.05) is 0 Å². The van der Waals surface area contributed by atoms with Gasteiger partial charge in [0, 0.05) is 4.87 Å². The molecular weight excluding hydrogens is 302 g/mol. The molecule has 1 unspecified atom stereocenters. The van der Waals surface area contributed by atoms with Crippen molar-refractivity contribution in [1.82, 2.24) is 6.15 Å². The Morgan fingerprint density at radius 2 is 1.22 bits per heavy atom. The zero-order chi connectivity index (χ0) is 16.7. The highest BCUT2D eigenvalue weighted by molar-refractivity contribution is 6.23. The standard InChI is InChI=1S/C21H41Cl.H3N/c1-5-6-7-8-9-10-11-12-13-14-15-16-17-18-19-20(2)21(3,4)22;/h12-13,20H,5-11,14-19H2,1-4H3;1H3/b13-12-;. The van der Waals surface area contributed by atoms with Gasteiger partial charge in [-0.3, -0.25) is 0 Å².